The van der Waals surface area contributed by atoms with Crippen molar-refractivity contribution in [3.05, 3.63) is 35.4 Å². The molecular formula is C32H57IO3. The highest BCUT2D eigenvalue weighted by Gasteiger charge is 2.42. The van der Waals surface area contributed by atoms with Gasteiger partial charge in [0.05, 0.1) is 19.8 Å². The average Bonchev–Trinajstić information content (AvgIpc) is 2.88. The Labute approximate surface area is 238 Å². The lowest BCUT2D eigenvalue weighted by Gasteiger charge is -2.40. The molecule has 0 radical (unpaired) electrons. The van der Waals surface area contributed by atoms with Gasteiger partial charge in [0.25, 0.3) is 5.97 Å². The van der Waals surface area contributed by atoms with E-state index in [0.29, 0.717) is 23.7 Å². The van der Waals surface area contributed by atoms with Crippen LogP contribution in [0.3, 0.4) is 0 Å². The predicted molar refractivity (Wildman–Crippen MR) is 164 cm³/mol. The molecule has 1 aromatic rings. The first-order valence-electron chi connectivity index (χ1n) is 15.2. The molecule has 0 aromatic heterocycles. The maximum absolute atomic E-state index is 6.61. The van der Waals surface area contributed by atoms with Crippen LogP contribution in [-0.2, 0) is 20.6 Å². The van der Waals surface area contributed by atoms with Crippen molar-refractivity contribution in [1.82, 2.24) is 0 Å². The van der Waals surface area contributed by atoms with E-state index in [9.17, 15) is 0 Å². The number of hydrogen-bond acceptors (Lipinski definition) is 3. The van der Waals surface area contributed by atoms with E-state index in [1.165, 1.54) is 49.7 Å². The van der Waals surface area contributed by atoms with Gasteiger partial charge in [0.1, 0.15) is 0 Å². The first kappa shape index (κ1) is 33.9. The summed E-state index contributed by atoms with van der Waals surface area (Å²) < 4.78 is 20.4. The minimum Gasteiger partial charge on any atom is -0.327 e. The molecule has 2 unspecified atom stereocenters. The molecule has 36 heavy (non-hydrogen) atoms. The average molecular weight is 617 g/mol. The zero-order chi connectivity index (χ0) is 26.5. The van der Waals surface area contributed by atoms with Gasteiger partial charge in [0, 0.05) is 9.84 Å². The molecule has 0 aliphatic heterocycles. The molecule has 0 saturated carbocycles. The molecule has 210 valence electrons. The molecule has 1 aromatic carbocycles. The fourth-order valence-electron chi connectivity index (χ4n) is 4.51. The summed E-state index contributed by atoms with van der Waals surface area (Å²) >= 11 is 2.49. The zero-order valence-electron chi connectivity index (χ0n) is 24.3. The maximum Gasteiger partial charge on any atom is 0.285 e. The summed E-state index contributed by atoms with van der Waals surface area (Å²) in [6.45, 7) is 13.3. The van der Waals surface area contributed by atoms with Gasteiger partial charge in [-0.05, 0) is 56.6 Å². The summed E-state index contributed by atoms with van der Waals surface area (Å²) in [4.78, 5) is 0. The van der Waals surface area contributed by atoms with Gasteiger partial charge in [-0.15, -0.1) is 0 Å². The molecular weight excluding hydrogens is 559 g/mol. The van der Waals surface area contributed by atoms with Crippen LogP contribution in [0.5, 0.6) is 0 Å². The lowest BCUT2D eigenvalue weighted by molar-refractivity contribution is -0.407. The number of unbranched alkanes of at least 4 members (excludes halogenated alkanes) is 8. The van der Waals surface area contributed by atoms with Crippen LogP contribution in [0.15, 0.2) is 24.3 Å². The standard InChI is InChI=1S/C32H57IO3/c1-6-10-14-15-16-17-18-31(24-21-29-19-22-30(23-20-29)28(5)33)32(34-25-11-7-2,35-26-12-8-3)36-27-13-9-4/h19-20,22-23,28,31H,6-18,21,24-27H2,1-5H3. The Morgan fingerprint density at radius 2 is 1.11 bits per heavy atom. The second kappa shape index (κ2) is 21.7. The highest BCUT2D eigenvalue weighted by molar-refractivity contribution is 14.1. The summed E-state index contributed by atoms with van der Waals surface area (Å²) in [5, 5.41) is 0. The Hall–Kier alpha value is -0.170. The number of halogens is 1. The first-order chi connectivity index (χ1) is 17.5. The lowest BCUT2D eigenvalue weighted by Crippen LogP contribution is -2.47. The smallest absolute Gasteiger partial charge is 0.285 e. The van der Waals surface area contributed by atoms with E-state index >= 15 is 0 Å². The van der Waals surface area contributed by atoms with E-state index in [1.807, 2.05) is 0 Å². The molecule has 4 heteroatoms. The Morgan fingerprint density at radius 3 is 1.58 bits per heavy atom. The fourth-order valence-corrected chi connectivity index (χ4v) is 4.93. The van der Waals surface area contributed by atoms with Crippen molar-refractivity contribution in [2.24, 2.45) is 5.92 Å². The van der Waals surface area contributed by atoms with Crippen LogP contribution in [-0.4, -0.2) is 25.8 Å². The summed E-state index contributed by atoms with van der Waals surface area (Å²) in [7, 11) is 0. The molecule has 0 fully saturated rings. The van der Waals surface area contributed by atoms with E-state index in [1.54, 1.807) is 0 Å². The van der Waals surface area contributed by atoms with Crippen molar-refractivity contribution in [3.63, 3.8) is 0 Å². The second-order valence-corrected chi connectivity index (χ2v) is 12.2. The Bertz CT molecular complexity index is 590. The highest BCUT2D eigenvalue weighted by Crippen LogP contribution is 2.35. The quantitative estimate of drug-likeness (QED) is 0.0501. The molecule has 0 amide bonds. The minimum atomic E-state index is -0.917. The normalized spacial score (nSPS) is 13.7. The fraction of sp³-hybridized carbons (Fsp3) is 0.812. The van der Waals surface area contributed by atoms with E-state index in [4.69, 9.17) is 14.2 Å². The van der Waals surface area contributed by atoms with Crippen molar-refractivity contribution >= 4 is 22.6 Å². The number of rotatable bonds is 24. The van der Waals surface area contributed by atoms with Gasteiger partial charge in [-0.1, -0.05) is 132 Å². The SMILES string of the molecule is CCCCCCCCC(CCc1ccc(C(C)I)cc1)C(OCCCC)(OCCCC)OCCCC. The largest absolute Gasteiger partial charge is 0.327 e. The predicted octanol–water partition coefficient (Wildman–Crippen LogP) is 10.6. The third-order valence-electron chi connectivity index (χ3n) is 7.03. The number of alkyl halides is 1. The second-order valence-electron chi connectivity index (χ2n) is 10.4. The Kier molecular flexibility index (Phi) is 20.4. The van der Waals surface area contributed by atoms with E-state index in [2.05, 4.69) is 81.5 Å². The Morgan fingerprint density at radius 1 is 0.639 bits per heavy atom. The van der Waals surface area contributed by atoms with Crippen molar-refractivity contribution in [3.8, 4) is 0 Å². The third kappa shape index (κ3) is 14.1. The van der Waals surface area contributed by atoms with Crippen molar-refractivity contribution in [2.75, 3.05) is 19.8 Å². The van der Waals surface area contributed by atoms with Gasteiger partial charge >= 0.3 is 0 Å². The van der Waals surface area contributed by atoms with Crippen LogP contribution in [0.4, 0.5) is 0 Å². The first-order valence-corrected chi connectivity index (χ1v) is 16.4. The summed E-state index contributed by atoms with van der Waals surface area (Å²) in [5.41, 5.74) is 2.79. The molecule has 1 rings (SSSR count). The van der Waals surface area contributed by atoms with E-state index < -0.39 is 5.97 Å². The molecule has 0 aliphatic rings. The van der Waals surface area contributed by atoms with Gasteiger partial charge in [0.2, 0.25) is 0 Å². The summed E-state index contributed by atoms with van der Waals surface area (Å²) in [6, 6.07) is 9.19. The highest BCUT2D eigenvalue weighted by atomic mass is 127. The molecule has 0 bridgehead atoms. The molecule has 0 aliphatic carbocycles. The minimum absolute atomic E-state index is 0.234. The van der Waals surface area contributed by atoms with E-state index in [0.717, 1.165) is 57.8 Å². The van der Waals surface area contributed by atoms with Gasteiger partial charge in [-0.3, -0.25) is 0 Å². The topological polar surface area (TPSA) is 27.7 Å². The molecule has 0 spiro atoms. The third-order valence-corrected chi connectivity index (χ3v) is 7.75. The number of aryl methyl sites for hydroxylation is 1. The van der Waals surface area contributed by atoms with Gasteiger partial charge in [0.15, 0.2) is 0 Å². The van der Waals surface area contributed by atoms with E-state index in [-0.39, 0.29) is 5.92 Å². The summed E-state index contributed by atoms with van der Waals surface area (Å²) in [5.74, 6) is -0.683. The molecule has 3 nitrogen and oxygen atoms in total. The van der Waals surface area contributed by atoms with Gasteiger partial charge in [-0.25, -0.2) is 0 Å². The van der Waals surface area contributed by atoms with Crippen LogP contribution in [0.2, 0.25) is 0 Å². The zero-order valence-corrected chi connectivity index (χ0v) is 26.5. The van der Waals surface area contributed by atoms with Crippen LogP contribution >= 0.6 is 22.6 Å². The van der Waals surface area contributed by atoms with Crippen LogP contribution < -0.4 is 0 Å². The van der Waals surface area contributed by atoms with Crippen molar-refractivity contribution in [2.45, 2.75) is 141 Å². The van der Waals surface area contributed by atoms with Crippen molar-refractivity contribution in [1.29, 1.82) is 0 Å². The molecule has 0 heterocycles. The number of ether oxygens (including phenoxy) is 3. The molecule has 2 atom stereocenters. The maximum atomic E-state index is 6.61. The monoisotopic (exact) mass is 616 g/mol. The number of hydrogen-bond donors (Lipinski definition) is 0. The van der Waals surface area contributed by atoms with Crippen LogP contribution in [0.1, 0.15) is 140 Å². The van der Waals surface area contributed by atoms with Crippen LogP contribution in [0.25, 0.3) is 0 Å². The Balaban J connectivity index is 3.07. The van der Waals surface area contributed by atoms with Gasteiger partial charge < -0.3 is 14.2 Å². The lowest BCUT2D eigenvalue weighted by atomic mass is 9.90. The van der Waals surface area contributed by atoms with Gasteiger partial charge in [-0.2, -0.15) is 0 Å². The van der Waals surface area contributed by atoms with Crippen molar-refractivity contribution < 1.29 is 14.2 Å². The number of benzene rings is 1. The molecule has 0 saturated heterocycles. The molecule has 0 N–H and O–H groups in total. The van der Waals surface area contributed by atoms with Crippen LogP contribution in [0, 0.1) is 5.92 Å². The summed E-state index contributed by atoms with van der Waals surface area (Å²) in [6.07, 6.45) is 17.4.